The summed E-state index contributed by atoms with van der Waals surface area (Å²) in [5.41, 5.74) is 1.12. The molecule has 0 bridgehead atoms. The molecule has 0 aliphatic heterocycles. The molecule has 1 atom stereocenters. The molecule has 4 nitrogen and oxygen atoms in total. The zero-order valence-corrected chi connectivity index (χ0v) is 11.2. The third-order valence-corrected chi connectivity index (χ3v) is 2.61. The Hall–Kier alpha value is -2.28. The van der Waals surface area contributed by atoms with E-state index in [-0.39, 0.29) is 17.9 Å². The largest absolute Gasteiger partial charge is 0.324 e. The molecule has 0 aliphatic rings. The number of terminal acetylenes is 1. The van der Waals surface area contributed by atoms with Crippen molar-refractivity contribution >= 4 is 17.5 Å². The maximum atomic E-state index is 11.7. The topological polar surface area (TPSA) is 58.2 Å². The lowest BCUT2D eigenvalue weighted by molar-refractivity contribution is 0.101. The van der Waals surface area contributed by atoms with Crippen LogP contribution in [0.1, 0.15) is 37.0 Å². The summed E-state index contributed by atoms with van der Waals surface area (Å²) < 4.78 is 0. The molecule has 100 valence electrons. The molecular formula is C15H18N2O2. The molecule has 1 unspecified atom stereocenters. The molecule has 1 rings (SSSR count). The van der Waals surface area contributed by atoms with Gasteiger partial charge in [0.1, 0.15) is 0 Å². The lowest BCUT2D eigenvalue weighted by Gasteiger charge is -2.13. The fourth-order valence-corrected chi connectivity index (χ4v) is 1.63. The Kier molecular flexibility index (Phi) is 5.62. The predicted molar refractivity (Wildman–Crippen MR) is 76.1 cm³/mol. The van der Waals surface area contributed by atoms with Crippen molar-refractivity contribution in [3.8, 4) is 12.3 Å². The van der Waals surface area contributed by atoms with Crippen molar-refractivity contribution < 1.29 is 9.59 Å². The molecule has 0 spiro atoms. The van der Waals surface area contributed by atoms with Gasteiger partial charge < -0.3 is 10.6 Å². The Bertz CT molecular complexity index is 503. The number of amides is 2. The lowest BCUT2D eigenvalue weighted by atomic mass is 10.1. The normalized spacial score (nSPS) is 11.2. The number of ketones is 1. The second kappa shape index (κ2) is 7.22. The SMILES string of the molecule is C#CC(CCC)NC(=O)Nc1cccc(C(C)=O)c1. The van der Waals surface area contributed by atoms with Gasteiger partial charge >= 0.3 is 6.03 Å². The minimum absolute atomic E-state index is 0.0449. The maximum absolute atomic E-state index is 11.7. The summed E-state index contributed by atoms with van der Waals surface area (Å²) in [7, 11) is 0. The van der Waals surface area contributed by atoms with Gasteiger partial charge in [-0.3, -0.25) is 4.79 Å². The third-order valence-electron chi connectivity index (χ3n) is 2.61. The lowest BCUT2D eigenvalue weighted by Crippen LogP contribution is -2.37. The Balaban J connectivity index is 2.64. The number of hydrogen-bond donors (Lipinski definition) is 2. The smallest absolute Gasteiger partial charge is 0.320 e. The minimum Gasteiger partial charge on any atom is -0.324 e. The summed E-state index contributed by atoms with van der Waals surface area (Å²) in [6, 6.07) is 6.13. The first-order chi connectivity index (χ1) is 9.06. The van der Waals surface area contributed by atoms with E-state index in [1.54, 1.807) is 24.3 Å². The van der Waals surface area contributed by atoms with Crippen molar-refractivity contribution in [1.29, 1.82) is 0 Å². The predicted octanol–water partition coefficient (Wildman–Crippen LogP) is 2.81. The number of urea groups is 1. The Morgan fingerprint density at radius 3 is 2.74 bits per heavy atom. The molecule has 0 fully saturated rings. The fourth-order valence-electron chi connectivity index (χ4n) is 1.63. The Morgan fingerprint density at radius 2 is 2.16 bits per heavy atom. The van der Waals surface area contributed by atoms with Gasteiger partial charge in [0.25, 0.3) is 0 Å². The Morgan fingerprint density at radius 1 is 1.42 bits per heavy atom. The van der Waals surface area contributed by atoms with Crippen LogP contribution in [0.5, 0.6) is 0 Å². The number of hydrogen-bond acceptors (Lipinski definition) is 2. The van der Waals surface area contributed by atoms with Crippen molar-refractivity contribution in [1.82, 2.24) is 5.32 Å². The molecule has 0 heterocycles. The molecular weight excluding hydrogens is 240 g/mol. The first-order valence-electron chi connectivity index (χ1n) is 6.21. The standard InChI is InChI=1S/C15H18N2O2/c1-4-7-13(5-2)16-15(19)17-14-9-6-8-12(10-14)11(3)18/h2,6,8-10,13H,4,7H2,1,3H3,(H2,16,17,19). The van der Waals surface area contributed by atoms with Gasteiger partial charge in [0, 0.05) is 11.3 Å². The minimum atomic E-state index is -0.364. The van der Waals surface area contributed by atoms with E-state index in [1.165, 1.54) is 6.92 Å². The highest BCUT2D eigenvalue weighted by Crippen LogP contribution is 2.11. The fraction of sp³-hybridized carbons (Fsp3) is 0.333. The van der Waals surface area contributed by atoms with Gasteiger partial charge in [0.2, 0.25) is 0 Å². The van der Waals surface area contributed by atoms with E-state index in [0.717, 1.165) is 12.8 Å². The second-order valence-electron chi connectivity index (χ2n) is 4.24. The second-order valence-corrected chi connectivity index (χ2v) is 4.24. The van der Waals surface area contributed by atoms with E-state index in [0.29, 0.717) is 11.3 Å². The van der Waals surface area contributed by atoms with Gasteiger partial charge in [-0.05, 0) is 25.5 Å². The highest BCUT2D eigenvalue weighted by atomic mass is 16.2. The third kappa shape index (κ3) is 4.84. The van der Waals surface area contributed by atoms with Gasteiger partial charge in [0.05, 0.1) is 6.04 Å². The molecule has 2 amide bonds. The summed E-state index contributed by atoms with van der Waals surface area (Å²) in [5, 5.41) is 5.36. The highest BCUT2D eigenvalue weighted by molar-refractivity contribution is 5.96. The monoisotopic (exact) mass is 258 g/mol. The maximum Gasteiger partial charge on any atom is 0.320 e. The molecule has 0 aliphatic carbocycles. The van der Waals surface area contributed by atoms with Gasteiger partial charge in [-0.2, -0.15) is 0 Å². The summed E-state index contributed by atoms with van der Waals surface area (Å²) in [4.78, 5) is 23.0. The quantitative estimate of drug-likeness (QED) is 0.630. The number of anilines is 1. The average Bonchev–Trinajstić information content (AvgIpc) is 2.38. The number of carbonyl (C=O) groups excluding carboxylic acids is 2. The molecule has 1 aromatic carbocycles. The summed E-state index contributed by atoms with van der Waals surface area (Å²) in [6.45, 7) is 3.48. The van der Waals surface area contributed by atoms with Crippen LogP contribution in [0, 0.1) is 12.3 Å². The van der Waals surface area contributed by atoms with Crippen LogP contribution in [0.25, 0.3) is 0 Å². The number of carbonyl (C=O) groups is 2. The van der Waals surface area contributed by atoms with E-state index in [9.17, 15) is 9.59 Å². The van der Waals surface area contributed by atoms with Crippen molar-refractivity contribution in [2.45, 2.75) is 32.7 Å². The first kappa shape index (κ1) is 14.8. The van der Waals surface area contributed by atoms with Crippen LogP contribution < -0.4 is 10.6 Å². The number of benzene rings is 1. The van der Waals surface area contributed by atoms with Gasteiger partial charge in [0.15, 0.2) is 5.78 Å². The van der Waals surface area contributed by atoms with Gasteiger partial charge in [-0.15, -0.1) is 6.42 Å². The van der Waals surface area contributed by atoms with Crippen molar-refractivity contribution in [2.75, 3.05) is 5.32 Å². The average molecular weight is 258 g/mol. The summed E-state index contributed by atoms with van der Waals surface area (Å²) >= 11 is 0. The first-order valence-corrected chi connectivity index (χ1v) is 6.21. The molecule has 0 aromatic heterocycles. The Labute approximate surface area is 113 Å². The van der Waals surface area contributed by atoms with Crippen LogP contribution in [-0.2, 0) is 0 Å². The molecule has 0 radical (unpaired) electrons. The van der Waals surface area contributed by atoms with Crippen molar-refractivity contribution in [3.05, 3.63) is 29.8 Å². The molecule has 0 saturated heterocycles. The summed E-state index contributed by atoms with van der Waals surface area (Å²) in [5.74, 6) is 2.48. The van der Waals surface area contributed by atoms with Crippen LogP contribution in [0.4, 0.5) is 10.5 Å². The van der Waals surface area contributed by atoms with Gasteiger partial charge in [-0.25, -0.2) is 4.79 Å². The van der Waals surface area contributed by atoms with E-state index >= 15 is 0 Å². The molecule has 1 aromatic rings. The molecule has 4 heteroatoms. The number of rotatable bonds is 5. The zero-order chi connectivity index (χ0) is 14.3. The van der Waals surface area contributed by atoms with E-state index < -0.39 is 0 Å². The van der Waals surface area contributed by atoms with E-state index in [2.05, 4.69) is 16.6 Å². The zero-order valence-electron chi connectivity index (χ0n) is 11.2. The molecule has 2 N–H and O–H groups in total. The van der Waals surface area contributed by atoms with Crippen molar-refractivity contribution in [2.24, 2.45) is 0 Å². The molecule has 0 saturated carbocycles. The van der Waals surface area contributed by atoms with Crippen LogP contribution in [-0.4, -0.2) is 17.9 Å². The van der Waals surface area contributed by atoms with Crippen LogP contribution in [0.3, 0.4) is 0 Å². The van der Waals surface area contributed by atoms with Gasteiger partial charge in [-0.1, -0.05) is 31.4 Å². The number of Topliss-reactive ketones (excluding diaryl/α,β-unsaturated/α-hetero) is 1. The van der Waals surface area contributed by atoms with Crippen LogP contribution in [0.15, 0.2) is 24.3 Å². The van der Waals surface area contributed by atoms with Crippen LogP contribution >= 0.6 is 0 Å². The number of nitrogens with one attached hydrogen (secondary N) is 2. The summed E-state index contributed by atoms with van der Waals surface area (Å²) in [6.07, 6.45) is 6.96. The van der Waals surface area contributed by atoms with E-state index in [4.69, 9.17) is 6.42 Å². The molecule has 19 heavy (non-hydrogen) atoms. The highest BCUT2D eigenvalue weighted by Gasteiger charge is 2.09. The van der Waals surface area contributed by atoms with Crippen LogP contribution in [0.2, 0.25) is 0 Å². The van der Waals surface area contributed by atoms with Crippen molar-refractivity contribution in [3.63, 3.8) is 0 Å². The van der Waals surface area contributed by atoms with E-state index in [1.807, 2.05) is 6.92 Å².